The van der Waals surface area contributed by atoms with E-state index in [1.54, 1.807) is 6.92 Å². The highest BCUT2D eigenvalue weighted by molar-refractivity contribution is 8.02. The molecular weight excluding hydrogens is 397 g/mol. The van der Waals surface area contributed by atoms with E-state index in [0.717, 1.165) is 30.4 Å². The standard InChI is InChI=1S/C15H16FN5O4S2/c1-9(13(22)17-10-2-3-11(16)12(8-10)21(23)24)26-15-19-18-14(27-15)20-4-6-25-7-5-20/h2-3,8-9H,4-7H2,1H3,(H,17,22). The maximum absolute atomic E-state index is 13.4. The number of benzene rings is 1. The minimum atomic E-state index is -0.954. The molecule has 1 fully saturated rings. The van der Waals surface area contributed by atoms with Gasteiger partial charge in [0.25, 0.3) is 0 Å². The number of nitrogens with one attached hydrogen (secondary N) is 1. The number of amides is 1. The van der Waals surface area contributed by atoms with E-state index in [-0.39, 0.29) is 11.6 Å². The lowest BCUT2D eigenvalue weighted by molar-refractivity contribution is -0.387. The fraction of sp³-hybridized carbons (Fsp3) is 0.400. The third-order valence-electron chi connectivity index (χ3n) is 3.73. The molecule has 0 saturated carbocycles. The number of nitrogens with zero attached hydrogens (tertiary/aromatic N) is 4. The number of ether oxygens (including phenoxy) is 1. The van der Waals surface area contributed by atoms with Crippen LogP contribution in [0.5, 0.6) is 0 Å². The van der Waals surface area contributed by atoms with E-state index in [0.29, 0.717) is 17.6 Å². The number of anilines is 2. The van der Waals surface area contributed by atoms with Crippen molar-refractivity contribution in [3.05, 3.63) is 34.1 Å². The number of morpholine rings is 1. The molecule has 3 rings (SSSR count). The van der Waals surface area contributed by atoms with Crippen molar-refractivity contribution in [2.24, 2.45) is 0 Å². The van der Waals surface area contributed by atoms with Crippen LogP contribution < -0.4 is 10.2 Å². The highest BCUT2D eigenvalue weighted by Gasteiger charge is 2.21. The van der Waals surface area contributed by atoms with Gasteiger partial charge < -0.3 is 15.0 Å². The van der Waals surface area contributed by atoms with E-state index in [1.807, 2.05) is 0 Å². The lowest BCUT2D eigenvalue weighted by Gasteiger charge is -2.25. The van der Waals surface area contributed by atoms with E-state index in [4.69, 9.17) is 4.74 Å². The van der Waals surface area contributed by atoms with E-state index in [9.17, 15) is 19.3 Å². The van der Waals surface area contributed by atoms with Crippen molar-refractivity contribution in [1.29, 1.82) is 0 Å². The van der Waals surface area contributed by atoms with Crippen LogP contribution in [0.3, 0.4) is 0 Å². The number of hydrogen-bond donors (Lipinski definition) is 1. The Bertz CT molecular complexity index is 843. The number of nitro benzene ring substituents is 1. The third-order valence-corrected chi connectivity index (χ3v) is 5.90. The zero-order valence-electron chi connectivity index (χ0n) is 14.3. The van der Waals surface area contributed by atoms with Gasteiger partial charge in [-0.3, -0.25) is 14.9 Å². The summed E-state index contributed by atoms with van der Waals surface area (Å²) in [6.45, 7) is 4.47. The molecule has 9 nitrogen and oxygen atoms in total. The third kappa shape index (κ3) is 4.90. The molecule has 0 radical (unpaired) electrons. The molecule has 0 bridgehead atoms. The number of carbonyl (C=O) groups excluding carboxylic acids is 1. The Balaban J connectivity index is 1.60. The van der Waals surface area contributed by atoms with Gasteiger partial charge in [-0.15, -0.1) is 10.2 Å². The average Bonchev–Trinajstić information content (AvgIpc) is 3.12. The highest BCUT2D eigenvalue weighted by Crippen LogP contribution is 2.31. The van der Waals surface area contributed by atoms with Gasteiger partial charge in [0.05, 0.1) is 23.4 Å². The number of hydrogen-bond acceptors (Lipinski definition) is 9. The van der Waals surface area contributed by atoms with Gasteiger partial charge in [-0.05, 0) is 19.1 Å². The summed E-state index contributed by atoms with van der Waals surface area (Å²) in [5.74, 6) is -1.33. The maximum atomic E-state index is 13.4. The normalized spacial score (nSPS) is 15.4. The molecule has 2 aromatic rings. The van der Waals surface area contributed by atoms with Crippen molar-refractivity contribution in [3.63, 3.8) is 0 Å². The van der Waals surface area contributed by atoms with Crippen LogP contribution in [0.1, 0.15) is 6.92 Å². The second kappa shape index (κ2) is 8.59. The Labute approximate surface area is 162 Å². The topological polar surface area (TPSA) is 110 Å². The van der Waals surface area contributed by atoms with E-state index < -0.39 is 21.7 Å². The Morgan fingerprint density at radius 2 is 2.19 bits per heavy atom. The Morgan fingerprint density at radius 1 is 1.44 bits per heavy atom. The summed E-state index contributed by atoms with van der Waals surface area (Å²) in [5, 5.41) is 21.9. The van der Waals surface area contributed by atoms with Gasteiger partial charge in [-0.1, -0.05) is 23.1 Å². The second-order valence-electron chi connectivity index (χ2n) is 5.62. The van der Waals surface area contributed by atoms with Crippen molar-refractivity contribution < 1.29 is 18.8 Å². The minimum Gasteiger partial charge on any atom is -0.378 e. The van der Waals surface area contributed by atoms with E-state index in [1.165, 1.54) is 29.2 Å². The molecule has 1 aliphatic heterocycles. The van der Waals surface area contributed by atoms with Crippen molar-refractivity contribution in [1.82, 2.24) is 10.2 Å². The minimum absolute atomic E-state index is 0.159. The molecule has 0 spiro atoms. The van der Waals surface area contributed by atoms with Crippen LogP contribution in [0.25, 0.3) is 0 Å². The summed E-state index contributed by atoms with van der Waals surface area (Å²) in [4.78, 5) is 24.4. The molecular formula is C15H16FN5O4S2. The van der Waals surface area contributed by atoms with Gasteiger partial charge in [0.15, 0.2) is 4.34 Å². The first-order valence-electron chi connectivity index (χ1n) is 8.01. The largest absolute Gasteiger partial charge is 0.378 e. The number of thioether (sulfide) groups is 1. The molecule has 1 aromatic heterocycles. The summed E-state index contributed by atoms with van der Waals surface area (Å²) in [6.07, 6.45) is 0. The van der Waals surface area contributed by atoms with Crippen LogP contribution in [-0.4, -0.2) is 52.6 Å². The second-order valence-corrected chi connectivity index (χ2v) is 8.17. The molecule has 12 heteroatoms. The van der Waals surface area contributed by atoms with Crippen molar-refractivity contribution in [3.8, 4) is 0 Å². The lowest BCUT2D eigenvalue weighted by atomic mass is 10.2. The average molecular weight is 413 g/mol. The summed E-state index contributed by atoms with van der Waals surface area (Å²) in [7, 11) is 0. The van der Waals surface area contributed by atoms with Crippen LogP contribution in [0, 0.1) is 15.9 Å². The summed E-state index contributed by atoms with van der Waals surface area (Å²) in [6, 6.07) is 3.22. The van der Waals surface area contributed by atoms with Crippen LogP contribution in [0.15, 0.2) is 22.5 Å². The molecule has 1 amide bonds. The molecule has 27 heavy (non-hydrogen) atoms. The number of halogens is 1. The molecule has 1 N–H and O–H groups in total. The fourth-order valence-electron chi connectivity index (χ4n) is 2.31. The van der Waals surface area contributed by atoms with Gasteiger partial charge in [-0.25, -0.2) is 0 Å². The van der Waals surface area contributed by atoms with Crippen LogP contribution in [0.2, 0.25) is 0 Å². The van der Waals surface area contributed by atoms with Crippen molar-refractivity contribution >= 4 is 45.5 Å². The quantitative estimate of drug-likeness (QED) is 0.437. The van der Waals surface area contributed by atoms with Crippen LogP contribution >= 0.6 is 23.1 Å². The fourth-order valence-corrected chi connectivity index (χ4v) is 4.35. The Morgan fingerprint density at radius 3 is 2.89 bits per heavy atom. The van der Waals surface area contributed by atoms with Gasteiger partial charge in [0, 0.05) is 24.8 Å². The molecule has 1 atom stereocenters. The first kappa shape index (κ1) is 19.5. The number of nitro groups is 1. The number of carbonyl (C=O) groups is 1. The lowest BCUT2D eigenvalue weighted by Crippen LogP contribution is -2.36. The molecule has 1 saturated heterocycles. The molecule has 1 aliphatic rings. The predicted molar refractivity (Wildman–Crippen MR) is 99.9 cm³/mol. The summed E-state index contributed by atoms with van der Waals surface area (Å²) in [5.41, 5.74) is -0.529. The molecule has 1 aromatic carbocycles. The van der Waals surface area contributed by atoms with Gasteiger partial charge in [0.2, 0.25) is 16.9 Å². The summed E-state index contributed by atoms with van der Waals surface area (Å²) < 4.78 is 19.3. The van der Waals surface area contributed by atoms with E-state index in [2.05, 4.69) is 20.4 Å². The first-order chi connectivity index (χ1) is 12.9. The molecule has 144 valence electrons. The van der Waals surface area contributed by atoms with Crippen molar-refractivity contribution in [2.45, 2.75) is 16.5 Å². The highest BCUT2D eigenvalue weighted by atomic mass is 32.2. The number of rotatable bonds is 6. The van der Waals surface area contributed by atoms with E-state index >= 15 is 0 Å². The molecule has 1 unspecified atom stereocenters. The first-order valence-corrected chi connectivity index (χ1v) is 9.71. The van der Waals surface area contributed by atoms with Crippen LogP contribution in [0.4, 0.5) is 20.9 Å². The Hall–Kier alpha value is -2.31. The van der Waals surface area contributed by atoms with Crippen molar-refractivity contribution in [2.75, 3.05) is 36.5 Å². The van der Waals surface area contributed by atoms with Crippen LogP contribution in [-0.2, 0) is 9.53 Å². The number of aromatic nitrogens is 2. The molecule has 0 aliphatic carbocycles. The molecule has 2 heterocycles. The summed E-state index contributed by atoms with van der Waals surface area (Å²) >= 11 is 2.63. The van der Waals surface area contributed by atoms with Gasteiger partial charge in [0.1, 0.15) is 0 Å². The Kier molecular flexibility index (Phi) is 6.19. The van der Waals surface area contributed by atoms with Gasteiger partial charge >= 0.3 is 5.69 Å². The zero-order valence-corrected chi connectivity index (χ0v) is 15.9. The monoisotopic (exact) mass is 413 g/mol. The smallest absolute Gasteiger partial charge is 0.306 e. The SMILES string of the molecule is CC(Sc1nnc(N2CCOCC2)s1)C(=O)Nc1ccc(F)c([N+](=O)[O-])c1. The zero-order chi connectivity index (χ0) is 19.4. The maximum Gasteiger partial charge on any atom is 0.306 e. The predicted octanol–water partition coefficient (Wildman–Crippen LogP) is 2.54. The van der Waals surface area contributed by atoms with Gasteiger partial charge in [-0.2, -0.15) is 4.39 Å².